The van der Waals surface area contributed by atoms with Crippen LogP contribution < -0.4 is 5.32 Å². The molecule has 1 spiro atoms. The number of piperidine rings is 1. The minimum atomic E-state index is -0.615. The van der Waals surface area contributed by atoms with Gasteiger partial charge in [0.25, 0.3) is 0 Å². The Morgan fingerprint density at radius 3 is 2.42 bits per heavy atom. The van der Waals surface area contributed by atoms with Crippen molar-refractivity contribution in [1.82, 2.24) is 14.7 Å². The Balaban J connectivity index is 1.79. The van der Waals surface area contributed by atoms with Crippen molar-refractivity contribution < 1.29 is 14.3 Å². The quantitative estimate of drug-likeness (QED) is 0.830. The van der Waals surface area contributed by atoms with E-state index in [4.69, 9.17) is 14.6 Å². The number of aromatic nitrogens is 2. The summed E-state index contributed by atoms with van der Waals surface area (Å²) in [6, 6.07) is 1.85. The zero-order chi connectivity index (χ0) is 19.2. The van der Waals surface area contributed by atoms with E-state index in [2.05, 4.69) is 46.9 Å². The molecule has 0 atom stereocenters. The van der Waals surface area contributed by atoms with Crippen LogP contribution in [-0.4, -0.2) is 52.8 Å². The van der Waals surface area contributed by atoms with E-state index in [0.29, 0.717) is 26.3 Å². The molecule has 1 aromatic rings. The highest BCUT2D eigenvalue weighted by molar-refractivity contribution is 5.88. The first-order valence-electron chi connectivity index (χ1n) is 9.45. The maximum absolute atomic E-state index is 12.9. The smallest absolute Gasteiger partial charge is 0.323 e. The van der Waals surface area contributed by atoms with Crippen LogP contribution in [0, 0.1) is 0 Å². The maximum Gasteiger partial charge on any atom is 0.323 e. The highest BCUT2D eigenvalue weighted by atomic mass is 16.7. The van der Waals surface area contributed by atoms with Crippen LogP contribution in [0.25, 0.3) is 0 Å². The molecule has 0 aromatic carbocycles. The number of hydrogen-bond acceptors (Lipinski definition) is 4. The van der Waals surface area contributed by atoms with E-state index in [1.54, 1.807) is 4.90 Å². The Hall–Kier alpha value is -1.60. The van der Waals surface area contributed by atoms with Crippen molar-refractivity contribution in [2.75, 3.05) is 31.6 Å². The minimum Gasteiger partial charge on any atom is -0.346 e. The van der Waals surface area contributed by atoms with Crippen molar-refractivity contribution >= 4 is 11.8 Å². The van der Waals surface area contributed by atoms with Gasteiger partial charge in [-0.2, -0.15) is 5.10 Å². The van der Waals surface area contributed by atoms with Crippen molar-refractivity contribution in [3.05, 3.63) is 11.8 Å². The molecule has 26 heavy (non-hydrogen) atoms. The predicted octanol–water partition coefficient (Wildman–Crippen LogP) is 3.31. The average Bonchev–Trinajstić information content (AvgIpc) is 3.14. The lowest BCUT2D eigenvalue weighted by atomic mass is 9.92. The third kappa shape index (κ3) is 3.88. The third-order valence-corrected chi connectivity index (χ3v) is 4.87. The van der Waals surface area contributed by atoms with Crippen LogP contribution in [-0.2, 0) is 20.4 Å². The van der Waals surface area contributed by atoms with E-state index in [9.17, 15) is 4.79 Å². The number of nitrogens with zero attached hydrogens (tertiary/aromatic N) is 3. The highest BCUT2D eigenvalue weighted by Gasteiger charge is 2.42. The summed E-state index contributed by atoms with van der Waals surface area (Å²) in [5, 5.41) is 7.82. The molecule has 2 saturated heterocycles. The zero-order valence-electron chi connectivity index (χ0n) is 16.9. The monoisotopic (exact) mass is 364 g/mol. The standard InChI is InChI=1S/C19H32N4O3/c1-17(2,3)14-12-15(23(21-14)18(4,5)6)20-16(24)22-9-7-8-19(13-22)25-10-11-26-19/h12H,7-11,13H2,1-6H3,(H,20,24). The van der Waals surface area contributed by atoms with Crippen LogP contribution in [0.3, 0.4) is 0 Å². The second kappa shape index (κ2) is 6.53. The van der Waals surface area contributed by atoms with Crippen molar-refractivity contribution in [2.24, 2.45) is 0 Å². The van der Waals surface area contributed by atoms with Gasteiger partial charge in [0.05, 0.1) is 31.0 Å². The van der Waals surface area contributed by atoms with Crippen LogP contribution in [0.1, 0.15) is 60.1 Å². The lowest BCUT2D eigenvalue weighted by Crippen LogP contribution is -2.52. The highest BCUT2D eigenvalue weighted by Crippen LogP contribution is 2.31. The van der Waals surface area contributed by atoms with Crippen LogP contribution in [0.5, 0.6) is 0 Å². The van der Waals surface area contributed by atoms with E-state index >= 15 is 0 Å². The van der Waals surface area contributed by atoms with Crippen molar-refractivity contribution in [3.8, 4) is 0 Å². The third-order valence-electron chi connectivity index (χ3n) is 4.87. The number of amides is 2. The van der Waals surface area contributed by atoms with Gasteiger partial charge in [-0.25, -0.2) is 9.48 Å². The normalized spacial score (nSPS) is 20.6. The topological polar surface area (TPSA) is 68.6 Å². The molecule has 0 radical (unpaired) electrons. The summed E-state index contributed by atoms with van der Waals surface area (Å²) < 4.78 is 13.5. The van der Waals surface area contributed by atoms with Crippen LogP contribution >= 0.6 is 0 Å². The summed E-state index contributed by atoms with van der Waals surface area (Å²) in [6.45, 7) is 15.0. The summed E-state index contributed by atoms with van der Waals surface area (Å²) in [5.74, 6) is 0.108. The Bertz CT molecular complexity index is 663. The molecule has 1 aromatic heterocycles. The molecule has 1 N–H and O–H groups in total. The summed E-state index contributed by atoms with van der Waals surface area (Å²) >= 11 is 0. The first-order chi connectivity index (χ1) is 12.0. The number of carbonyl (C=O) groups excluding carboxylic acids is 1. The molecule has 0 saturated carbocycles. The molecule has 7 nitrogen and oxygen atoms in total. The largest absolute Gasteiger partial charge is 0.346 e. The molecule has 0 aliphatic carbocycles. The molecule has 2 aliphatic rings. The minimum absolute atomic E-state index is 0.0866. The summed E-state index contributed by atoms with van der Waals surface area (Å²) in [5.41, 5.74) is 0.643. The van der Waals surface area contributed by atoms with Crippen molar-refractivity contribution in [3.63, 3.8) is 0 Å². The number of ether oxygens (including phenoxy) is 2. The van der Waals surface area contributed by atoms with Gasteiger partial charge in [0.15, 0.2) is 5.79 Å². The molecule has 0 bridgehead atoms. The van der Waals surface area contributed by atoms with E-state index in [-0.39, 0.29) is 17.0 Å². The van der Waals surface area contributed by atoms with Crippen LogP contribution in [0.2, 0.25) is 0 Å². The number of carbonyl (C=O) groups is 1. The fraction of sp³-hybridized carbons (Fsp3) is 0.789. The fourth-order valence-electron chi connectivity index (χ4n) is 3.43. The number of likely N-dealkylation sites (tertiary alicyclic amines) is 1. The Kier molecular flexibility index (Phi) is 4.82. The SMILES string of the molecule is CC(C)(C)c1cc(NC(=O)N2CCCC3(C2)OCCO3)n(C(C)(C)C)n1. The molecule has 2 fully saturated rings. The second-order valence-electron chi connectivity index (χ2n) is 9.31. The van der Waals surface area contributed by atoms with Crippen LogP contribution in [0.4, 0.5) is 10.6 Å². The van der Waals surface area contributed by atoms with Gasteiger partial charge in [0.1, 0.15) is 5.82 Å². The number of nitrogens with one attached hydrogen (secondary N) is 1. The Labute approximate surface area is 156 Å². The van der Waals surface area contributed by atoms with Gasteiger partial charge in [0, 0.05) is 24.4 Å². The zero-order valence-corrected chi connectivity index (χ0v) is 16.9. The van der Waals surface area contributed by atoms with Gasteiger partial charge in [0.2, 0.25) is 0 Å². The van der Waals surface area contributed by atoms with E-state index in [0.717, 1.165) is 24.4 Å². The van der Waals surface area contributed by atoms with E-state index in [1.807, 2.05) is 10.7 Å². The molecule has 7 heteroatoms. The molecule has 2 amide bonds. The maximum atomic E-state index is 12.9. The average molecular weight is 364 g/mol. The van der Waals surface area contributed by atoms with Crippen molar-refractivity contribution in [2.45, 2.75) is 71.1 Å². The summed E-state index contributed by atoms with van der Waals surface area (Å²) in [4.78, 5) is 14.7. The number of rotatable bonds is 1. The number of hydrogen-bond donors (Lipinski definition) is 1. The molecular formula is C19H32N4O3. The number of urea groups is 1. The van der Waals surface area contributed by atoms with Gasteiger partial charge < -0.3 is 14.4 Å². The van der Waals surface area contributed by atoms with E-state index in [1.165, 1.54) is 0 Å². The molecule has 3 rings (SSSR count). The summed E-state index contributed by atoms with van der Waals surface area (Å²) in [6.07, 6.45) is 1.71. The van der Waals surface area contributed by atoms with Crippen LogP contribution in [0.15, 0.2) is 6.07 Å². The van der Waals surface area contributed by atoms with E-state index < -0.39 is 5.79 Å². The Morgan fingerprint density at radius 1 is 1.19 bits per heavy atom. The second-order valence-corrected chi connectivity index (χ2v) is 9.31. The molecule has 2 aliphatic heterocycles. The molecule has 146 valence electrons. The molecule has 0 unspecified atom stereocenters. The Morgan fingerprint density at radius 2 is 1.85 bits per heavy atom. The van der Waals surface area contributed by atoms with Gasteiger partial charge in [-0.1, -0.05) is 20.8 Å². The van der Waals surface area contributed by atoms with Gasteiger partial charge in [-0.15, -0.1) is 0 Å². The lowest BCUT2D eigenvalue weighted by Gasteiger charge is -2.38. The van der Waals surface area contributed by atoms with Gasteiger partial charge >= 0.3 is 6.03 Å². The first kappa shape index (κ1) is 19.2. The molecule has 3 heterocycles. The summed E-state index contributed by atoms with van der Waals surface area (Å²) in [7, 11) is 0. The van der Waals surface area contributed by atoms with Gasteiger partial charge in [-0.3, -0.25) is 5.32 Å². The predicted molar refractivity (Wildman–Crippen MR) is 100 cm³/mol. The first-order valence-corrected chi connectivity index (χ1v) is 9.45. The molecular weight excluding hydrogens is 332 g/mol. The fourth-order valence-corrected chi connectivity index (χ4v) is 3.43. The number of anilines is 1. The van der Waals surface area contributed by atoms with Crippen molar-refractivity contribution in [1.29, 1.82) is 0 Å². The lowest BCUT2D eigenvalue weighted by molar-refractivity contribution is -0.182. The van der Waals surface area contributed by atoms with Gasteiger partial charge in [-0.05, 0) is 27.2 Å².